The van der Waals surface area contributed by atoms with E-state index in [4.69, 9.17) is 5.73 Å². The first kappa shape index (κ1) is 13.4. The minimum Gasteiger partial charge on any atom is -0.371 e. The van der Waals surface area contributed by atoms with Crippen molar-refractivity contribution in [2.24, 2.45) is 17.6 Å². The lowest BCUT2D eigenvalue weighted by Gasteiger charge is -2.28. The van der Waals surface area contributed by atoms with Gasteiger partial charge in [-0.3, -0.25) is 0 Å². The number of benzene rings is 1. The molecule has 1 aromatic rings. The highest BCUT2D eigenvalue weighted by molar-refractivity contribution is 9.10. The summed E-state index contributed by atoms with van der Waals surface area (Å²) in [6.45, 7) is 4.51. The summed E-state index contributed by atoms with van der Waals surface area (Å²) in [7, 11) is 0. The van der Waals surface area contributed by atoms with E-state index in [9.17, 15) is 0 Å². The van der Waals surface area contributed by atoms with E-state index >= 15 is 0 Å². The molecular weight excluding hydrogens is 300 g/mol. The number of rotatable bonds is 6. The number of nitrogens with zero attached hydrogens (tertiary/aromatic N) is 1. The number of anilines is 1. The van der Waals surface area contributed by atoms with Crippen LogP contribution in [0.4, 0.5) is 5.69 Å². The van der Waals surface area contributed by atoms with E-state index in [0.717, 1.165) is 16.3 Å². The Morgan fingerprint density at radius 1 is 1.21 bits per heavy atom. The first-order chi connectivity index (χ1) is 9.13. The summed E-state index contributed by atoms with van der Waals surface area (Å²) in [5.74, 6) is 1.83. The van der Waals surface area contributed by atoms with Gasteiger partial charge in [-0.2, -0.15) is 0 Å². The number of hydrogen-bond donors (Lipinski definition) is 1. The maximum Gasteiger partial charge on any atom is 0.0426 e. The molecule has 0 heterocycles. The van der Waals surface area contributed by atoms with Gasteiger partial charge < -0.3 is 10.6 Å². The molecule has 104 valence electrons. The zero-order valence-corrected chi connectivity index (χ0v) is 13.2. The van der Waals surface area contributed by atoms with Crippen LogP contribution in [0, 0.1) is 11.8 Å². The molecule has 0 bridgehead atoms. The highest BCUT2D eigenvalue weighted by atomic mass is 79.9. The predicted molar refractivity (Wildman–Crippen MR) is 84.4 cm³/mol. The molecule has 3 heteroatoms. The molecule has 0 amide bonds. The largest absolute Gasteiger partial charge is 0.371 e. The maximum atomic E-state index is 6.15. The molecule has 2 aliphatic carbocycles. The standard InChI is InChI=1S/C16H23BrN2/c1-11(18)15-7-6-14(17)8-16(15)19(9-12-2-3-12)10-13-4-5-13/h6-8,11-13H,2-5,9-10,18H2,1H3. The van der Waals surface area contributed by atoms with Gasteiger partial charge in [0.25, 0.3) is 0 Å². The predicted octanol–water partition coefficient (Wildman–Crippen LogP) is 4.10. The number of nitrogens with two attached hydrogens (primary N) is 1. The maximum absolute atomic E-state index is 6.15. The minimum atomic E-state index is 0.101. The minimum absolute atomic E-state index is 0.101. The molecular formula is C16H23BrN2. The molecule has 3 rings (SSSR count). The molecule has 0 aromatic heterocycles. The fourth-order valence-electron chi connectivity index (χ4n) is 2.67. The van der Waals surface area contributed by atoms with Crippen LogP contribution in [0.15, 0.2) is 22.7 Å². The van der Waals surface area contributed by atoms with Crippen molar-refractivity contribution in [2.45, 2.75) is 38.6 Å². The SMILES string of the molecule is CC(N)c1ccc(Br)cc1N(CC1CC1)CC1CC1. The molecule has 0 aliphatic heterocycles. The summed E-state index contributed by atoms with van der Waals surface area (Å²) in [6.07, 6.45) is 5.62. The summed E-state index contributed by atoms with van der Waals surface area (Å²) in [6, 6.07) is 6.64. The molecule has 1 unspecified atom stereocenters. The first-order valence-corrected chi connectivity index (χ1v) is 8.22. The first-order valence-electron chi connectivity index (χ1n) is 7.43. The van der Waals surface area contributed by atoms with Gasteiger partial charge in [0.05, 0.1) is 0 Å². The van der Waals surface area contributed by atoms with Crippen molar-refractivity contribution in [3.63, 3.8) is 0 Å². The van der Waals surface area contributed by atoms with Crippen molar-refractivity contribution in [3.05, 3.63) is 28.2 Å². The highest BCUT2D eigenvalue weighted by Gasteiger charge is 2.30. The summed E-state index contributed by atoms with van der Waals surface area (Å²) >= 11 is 3.61. The molecule has 0 saturated heterocycles. The monoisotopic (exact) mass is 322 g/mol. The smallest absolute Gasteiger partial charge is 0.0426 e. The van der Waals surface area contributed by atoms with Crippen molar-refractivity contribution in [1.29, 1.82) is 0 Å². The fraction of sp³-hybridized carbons (Fsp3) is 0.625. The van der Waals surface area contributed by atoms with E-state index < -0.39 is 0 Å². The average Bonchev–Trinajstić information content (AvgIpc) is 3.22. The highest BCUT2D eigenvalue weighted by Crippen LogP contribution is 2.38. The van der Waals surface area contributed by atoms with Gasteiger partial charge in [0, 0.05) is 29.3 Å². The zero-order valence-electron chi connectivity index (χ0n) is 11.6. The lowest BCUT2D eigenvalue weighted by atomic mass is 10.1. The Bertz CT molecular complexity index is 436. The summed E-state index contributed by atoms with van der Waals surface area (Å²) in [4.78, 5) is 2.60. The molecule has 2 aliphatic rings. The van der Waals surface area contributed by atoms with Gasteiger partial charge in [0.1, 0.15) is 0 Å². The molecule has 19 heavy (non-hydrogen) atoms. The van der Waals surface area contributed by atoms with E-state index in [1.54, 1.807) is 0 Å². The van der Waals surface area contributed by atoms with E-state index in [0.29, 0.717) is 0 Å². The molecule has 1 aromatic carbocycles. The van der Waals surface area contributed by atoms with Crippen LogP contribution in [-0.2, 0) is 0 Å². The molecule has 2 N–H and O–H groups in total. The molecule has 0 spiro atoms. The molecule has 2 nitrogen and oxygen atoms in total. The Labute approximate surface area is 124 Å². The van der Waals surface area contributed by atoms with Crippen molar-refractivity contribution in [3.8, 4) is 0 Å². The second-order valence-electron chi connectivity index (χ2n) is 6.28. The van der Waals surface area contributed by atoms with E-state index in [2.05, 4.69) is 46.0 Å². The second-order valence-corrected chi connectivity index (χ2v) is 7.20. The third kappa shape index (κ3) is 3.51. The lowest BCUT2D eigenvalue weighted by molar-refractivity contribution is 0.671. The Morgan fingerprint density at radius 3 is 2.26 bits per heavy atom. The van der Waals surface area contributed by atoms with Crippen molar-refractivity contribution < 1.29 is 0 Å². The average molecular weight is 323 g/mol. The van der Waals surface area contributed by atoms with Crippen LogP contribution in [0.3, 0.4) is 0 Å². The van der Waals surface area contributed by atoms with Crippen molar-refractivity contribution in [2.75, 3.05) is 18.0 Å². The van der Waals surface area contributed by atoms with Gasteiger partial charge in [-0.15, -0.1) is 0 Å². The quantitative estimate of drug-likeness (QED) is 0.854. The second kappa shape index (κ2) is 5.45. The van der Waals surface area contributed by atoms with Gasteiger partial charge in [-0.25, -0.2) is 0 Å². The topological polar surface area (TPSA) is 29.3 Å². The zero-order chi connectivity index (χ0) is 13.4. The lowest BCUT2D eigenvalue weighted by Crippen LogP contribution is -2.29. The molecule has 1 atom stereocenters. The van der Waals surface area contributed by atoms with Crippen molar-refractivity contribution >= 4 is 21.6 Å². The number of hydrogen-bond acceptors (Lipinski definition) is 2. The van der Waals surface area contributed by atoms with Crippen LogP contribution >= 0.6 is 15.9 Å². The molecule has 2 fully saturated rings. The van der Waals surface area contributed by atoms with Gasteiger partial charge in [0.2, 0.25) is 0 Å². The van der Waals surface area contributed by atoms with E-state index in [-0.39, 0.29) is 6.04 Å². The summed E-state index contributed by atoms with van der Waals surface area (Å²) in [5, 5.41) is 0. The summed E-state index contributed by atoms with van der Waals surface area (Å²) in [5.41, 5.74) is 8.79. The van der Waals surface area contributed by atoms with Crippen LogP contribution in [0.1, 0.15) is 44.2 Å². The normalized spacial score (nSPS) is 20.4. The Morgan fingerprint density at radius 2 is 1.79 bits per heavy atom. The van der Waals surface area contributed by atoms with Crippen LogP contribution in [0.2, 0.25) is 0 Å². The van der Waals surface area contributed by atoms with E-state index in [1.807, 2.05) is 0 Å². The van der Waals surface area contributed by atoms with Gasteiger partial charge in [-0.1, -0.05) is 22.0 Å². The fourth-order valence-corrected chi connectivity index (χ4v) is 3.02. The summed E-state index contributed by atoms with van der Waals surface area (Å²) < 4.78 is 1.16. The third-order valence-electron chi connectivity index (χ3n) is 4.17. The van der Waals surface area contributed by atoms with Crippen LogP contribution < -0.4 is 10.6 Å². The number of halogens is 1. The van der Waals surface area contributed by atoms with Crippen LogP contribution in [0.25, 0.3) is 0 Å². The van der Waals surface area contributed by atoms with Crippen LogP contribution in [-0.4, -0.2) is 13.1 Å². The Hall–Kier alpha value is -0.540. The van der Waals surface area contributed by atoms with Gasteiger partial charge >= 0.3 is 0 Å². The van der Waals surface area contributed by atoms with Crippen molar-refractivity contribution in [1.82, 2.24) is 0 Å². The molecule has 0 radical (unpaired) electrons. The van der Waals surface area contributed by atoms with Crippen LogP contribution in [0.5, 0.6) is 0 Å². The van der Waals surface area contributed by atoms with Gasteiger partial charge in [0.15, 0.2) is 0 Å². The third-order valence-corrected chi connectivity index (χ3v) is 4.67. The Balaban J connectivity index is 1.87. The Kier molecular flexibility index (Phi) is 3.86. The van der Waals surface area contributed by atoms with Gasteiger partial charge in [-0.05, 0) is 62.1 Å². The molecule has 2 saturated carbocycles. The van der Waals surface area contributed by atoms with E-state index in [1.165, 1.54) is 50.0 Å².